The Morgan fingerprint density at radius 1 is 1.27 bits per heavy atom. The van der Waals surface area contributed by atoms with Gasteiger partial charge in [-0.3, -0.25) is 5.10 Å². The first-order valence-corrected chi connectivity index (χ1v) is 9.66. The fourth-order valence-electron chi connectivity index (χ4n) is 3.19. The smallest absolute Gasteiger partial charge is 0.191 e. The molecule has 8 nitrogen and oxygen atoms in total. The van der Waals surface area contributed by atoms with Gasteiger partial charge in [0.25, 0.3) is 0 Å². The van der Waals surface area contributed by atoms with Crippen LogP contribution in [0.1, 0.15) is 36.5 Å². The second-order valence-electron chi connectivity index (χ2n) is 7.18. The molecule has 0 bridgehead atoms. The fourth-order valence-corrected chi connectivity index (χ4v) is 3.19. The minimum absolute atomic E-state index is 0. The van der Waals surface area contributed by atoms with E-state index in [0.29, 0.717) is 19.0 Å². The summed E-state index contributed by atoms with van der Waals surface area (Å²) >= 11 is 0. The van der Waals surface area contributed by atoms with Crippen molar-refractivity contribution < 1.29 is 9.52 Å². The number of nitrogens with one attached hydrogen (secondary N) is 3. The lowest BCUT2D eigenvalue weighted by atomic mass is 9.96. The van der Waals surface area contributed by atoms with Gasteiger partial charge in [0.2, 0.25) is 0 Å². The van der Waals surface area contributed by atoms with Gasteiger partial charge < -0.3 is 20.2 Å². The average molecular weight is 524 g/mol. The van der Waals surface area contributed by atoms with E-state index in [2.05, 4.69) is 30.8 Å². The number of aromatic nitrogens is 3. The van der Waals surface area contributed by atoms with Crippen LogP contribution < -0.4 is 10.6 Å². The van der Waals surface area contributed by atoms with Gasteiger partial charge in [-0.2, -0.15) is 5.10 Å². The number of hydrogen-bond acceptors (Lipinski definition) is 5. The Hall–Kier alpha value is -2.40. The molecular weight excluding hydrogens is 495 g/mol. The Bertz CT molecular complexity index is 966. The van der Waals surface area contributed by atoms with E-state index in [1.165, 1.54) is 6.33 Å². The van der Waals surface area contributed by atoms with Crippen molar-refractivity contribution in [2.75, 3.05) is 13.1 Å². The van der Waals surface area contributed by atoms with Crippen molar-refractivity contribution in [3.8, 4) is 11.4 Å². The van der Waals surface area contributed by atoms with Crippen LogP contribution in [0.4, 0.5) is 0 Å². The normalized spacial score (nSPS) is 13.4. The van der Waals surface area contributed by atoms with Gasteiger partial charge in [-0.15, -0.1) is 24.0 Å². The molecule has 4 N–H and O–H groups in total. The van der Waals surface area contributed by atoms with Crippen LogP contribution in [0.3, 0.4) is 0 Å². The summed E-state index contributed by atoms with van der Waals surface area (Å²) in [6.07, 6.45) is 1.49. The highest BCUT2D eigenvalue weighted by molar-refractivity contribution is 14.0. The molecule has 0 aliphatic heterocycles. The summed E-state index contributed by atoms with van der Waals surface area (Å²) in [6.45, 7) is 9.01. The van der Waals surface area contributed by atoms with Gasteiger partial charge in [-0.05, 0) is 45.4 Å². The number of rotatable bonds is 7. The molecule has 0 radical (unpaired) electrons. The van der Waals surface area contributed by atoms with E-state index >= 15 is 0 Å². The van der Waals surface area contributed by atoms with Crippen molar-refractivity contribution in [2.24, 2.45) is 4.99 Å². The predicted octanol–water partition coefficient (Wildman–Crippen LogP) is 3.26. The number of nitrogens with zero attached hydrogens (tertiary/aromatic N) is 3. The summed E-state index contributed by atoms with van der Waals surface area (Å²) in [5, 5.41) is 24.1. The molecule has 1 unspecified atom stereocenters. The number of hydrogen-bond donors (Lipinski definition) is 4. The number of aryl methyl sites for hydroxylation is 2. The van der Waals surface area contributed by atoms with Gasteiger partial charge in [0.15, 0.2) is 11.8 Å². The van der Waals surface area contributed by atoms with Gasteiger partial charge in [0.05, 0.1) is 13.1 Å². The molecule has 1 atom stereocenters. The minimum Gasteiger partial charge on any atom is -0.466 e. The number of aromatic amines is 1. The maximum absolute atomic E-state index is 10.9. The van der Waals surface area contributed by atoms with E-state index < -0.39 is 5.60 Å². The van der Waals surface area contributed by atoms with Crippen molar-refractivity contribution in [3.63, 3.8) is 0 Å². The molecule has 162 valence electrons. The van der Waals surface area contributed by atoms with Crippen molar-refractivity contribution in [3.05, 3.63) is 59.3 Å². The molecule has 2 heterocycles. The highest BCUT2D eigenvalue weighted by Gasteiger charge is 2.27. The zero-order chi connectivity index (χ0) is 20.9. The van der Waals surface area contributed by atoms with Crippen molar-refractivity contribution >= 4 is 29.9 Å². The summed E-state index contributed by atoms with van der Waals surface area (Å²) in [5.41, 5.74) is 1.70. The maximum atomic E-state index is 10.9. The molecule has 0 fully saturated rings. The van der Waals surface area contributed by atoms with E-state index in [-0.39, 0.29) is 24.0 Å². The second-order valence-corrected chi connectivity index (χ2v) is 7.18. The summed E-state index contributed by atoms with van der Waals surface area (Å²) in [4.78, 5) is 8.83. The van der Waals surface area contributed by atoms with Crippen LogP contribution in [0.5, 0.6) is 0 Å². The second kappa shape index (κ2) is 10.6. The topological polar surface area (TPSA) is 111 Å². The number of aliphatic imine (C=N–C) groups is 1. The standard InChI is InChI=1S/C21H28N6O2.HI/c1-5-22-20(24-12-21(4,28)18-9-14(2)29-15(18)3)23-11-16-7-6-8-17(10-16)19-25-13-26-27-19;/h6-10,13,28H,5,11-12H2,1-4H3,(H2,22,23,24)(H,25,26,27);1H. The van der Waals surface area contributed by atoms with Crippen molar-refractivity contribution in [1.29, 1.82) is 0 Å². The molecule has 9 heteroatoms. The van der Waals surface area contributed by atoms with Gasteiger partial charge in [-0.1, -0.05) is 18.2 Å². The van der Waals surface area contributed by atoms with Crippen molar-refractivity contribution in [2.45, 2.75) is 39.8 Å². The molecule has 0 aliphatic carbocycles. The maximum Gasteiger partial charge on any atom is 0.191 e. The Morgan fingerprint density at radius 3 is 2.70 bits per heavy atom. The zero-order valence-corrected chi connectivity index (χ0v) is 20.0. The first-order chi connectivity index (χ1) is 13.9. The zero-order valence-electron chi connectivity index (χ0n) is 17.7. The Morgan fingerprint density at radius 2 is 2.07 bits per heavy atom. The molecule has 3 aromatic rings. The fraction of sp³-hybridized carbons (Fsp3) is 0.381. The van der Waals surface area contributed by atoms with Gasteiger partial charge in [0, 0.05) is 17.7 Å². The van der Waals surface area contributed by atoms with Crippen LogP contribution in [-0.4, -0.2) is 39.3 Å². The number of furan rings is 1. The average Bonchev–Trinajstić information content (AvgIpc) is 3.34. The molecule has 30 heavy (non-hydrogen) atoms. The Kier molecular flexibility index (Phi) is 8.42. The van der Waals surface area contributed by atoms with Crippen LogP contribution in [-0.2, 0) is 12.1 Å². The van der Waals surface area contributed by atoms with Crippen LogP contribution in [0.2, 0.25) is 0 Å². The number of guanidine groups is 1. The third kappa shape index (κ3) is 6.05. The van der Waals surface area contributed by atoms with Crippen LogP contribution >= 0.6 is 24.0 Å². The van der Waals surface area contributed by atoms with E-state index in [1.807, 2.05) is 51.1 Å². The lowest BCUT2D eigenvalue weighted by Crippen LogP contribution is -2.44. The van der Waals surface area contributed by atoms with Crippen molar-refractivity contribution in [1.82, 2.24) is 25.8 Å². The number of H-pyrrole nitrogens is 1. The van der Waals surface area contributed by atoms with E-state index in [0.717, 1.165) is 40.6 Å². The lowest BCUT2D eigenvalue weighted by molar-refractivity contribution is 0.0601. The van der Waals surface area contributed by atoms with E-state index in [1.54, 1.807) is 6.92 Å². The molecule has 1 aromatic carbocycles. The minimum atomic E-state index is -1.08. The summed E-state index contributed by atoms with van der Waals surface area (Å²) in [6, 6.07) is 9.86. The summed E-state index contributed by atoms with van der Waals surface area (Å²) in [7, 11) is 0. The molecule has 0 amide bonds. The largest absolute Gasteiger partial charge is 0.466 e. The Balaban J connectivity index is 0.00000320. The van der Waals surface area contributed by atoms with Crippen LogP contribution in [0, 0.1) is 13.8 Å². The molecule has 2 aromatic heterocycles. The number of benzene rings is 1. The molecule has 0 spiro atoms. The highest BCUT2D eigenvalue weighted by atomic mass is 127. The first-order valence-electron chi connectivity index (χ1n) is 9.66. The van der Waals surface area contributed by atoms with Gasteiger partial charge >= 0.3 is 0 Å². The van der Waals surface area contributed by atoms with Crippen LogP contribution in [0.25, 0.3) is 11.4 Å². The molecule has 0 saturated carbocycles. The van der Waals surface area contributed by atoms with E-state index in [9.17, 15) is 5.11 Å². The molecule has 0 saturated heterocycles. The summed E-state index contributed by atoms with van der Waals surface area (Å²) in [5.74, 6) is 2.86. The van der Waals surface area contributed by atoms with Crippen LogP contribution in [0.15, 0.2) is 46.1 Å². The van der Waals surface area contributed by atoms with Gasteiger partial charge in [0.1, 0.15) is 23.4 Å². The van der Waals surface area contributed by atoms with E-state index in [4.69, 9.17) is 4.42 Å². The van der Waals surface area contributed by atoms with Gasteiger partial charge in [-0.25, -0.2) is 9.98 Å². The monoisotopic (exact) mass is 524 g/mol. The molecule has 3 rings (SSSR count). The first kappa shape index (κ1) is 23.9. The number of aliphatic hydroxyl groups is 1. The third-order valence-electron chi connectivity index (χ3n) is 4.60. The number of halogens is 1. The SMILES string of the molecule is CCNC(=NCc1cccc(-c2ncn[nH]2)c1)NCC(C)(O)c1cc(C)oc1C.I. The predicted molar refractivity (Wildman–Crippen MR) is 128 cm³/mol. The molecular formula is C21H29IN6O2. The Labute approximate surface area is 193 Å². The third-order valence-corrected chi connectivity index (χ3v) is 4.60. The molecule has 0 aliphatic rings. The highest BCUT2D eigenvalue weighted by Crippen LogP contribution is 2.26. The quantitative estimate of drug-likeness (QED) is 0.215. The summed E-state index contributed by atoms with van der Waals surface area (Å²) < 4.78 is 5.56. The lowest BCUT2D eigenvalue weighted by Gasteiger charge is -2.24.